The summed E-state index contributed by atoms with van der Waals surface area (Å²) in [6, 6.07) is 0. The zero-order chi connectivity index (χ0) is 18.0. The Balaban J connectivity index is 2.23. The van der Waals surface area contributed by atoms with Crippen molar-refractivity contribution in [2.24, 2.45) is 11.8 Å². The number of carboxylic acid groups (broad SMARTS) is 1. The lowest BCUT2D eigenvalue weighted by Gasteiger charge is -2.40. The van der Waals surface area contributed by atoms with Crippen molar-refractivity contribution in [2.75, 3.05) is 13.1 Å². The van der Waals surface area contributed by atoms with Crippen LogP contribution in [0.15, 0.2) is 34.6 Å². The van der Waals surface area contributed by atoms with Crippen molar-refractivity contribution in [3.8, 4) is 0 Å². The second-order valence-corrected chi connectivity index (χ2v) is 6.78. The summed E-state index contributed by atoms with van der Waals surface area (Å²) in [5.74, 6) is -2.27. The normalized spacial score (nSPS) is 32.0. The number of nitrogens with zero attached hydrogens (tertiary/aromatic N) is 1. The average Bonchev–Trinajstić information content (AvgIpc) is 3.19. The maximum absolute atomic E-state index is 15.7. The van der Waals surface area contributed by atoms with Crippen molar-refractivity contribution in [1.29, 1.82) is 0 Å². The third-order valence-corrected chi connectivity index (χ3v) is 5.25. The monoisotopic (exact) mass is 345 g/mol. The number of allylic oxidation sites excluding steroid dienone is 3. The molecule has 0 aromatic carbocycles. The fourth-order valence-corrected chi connectivity index (χ4v) is 4.24. The van der Waals surface area contributed by atoms with E-state index >= 15 is 4.39 Å². The van der Waals surface area contributed by atoms with Crippen LogP contribution in [-0.4, -0.2) is 40.9 Å². The van der Waals surface area contributed by atoms with E-state index in [-0.39, 0.29) is 35.4 Å². The largest absolute Gasteiger partial charge is 0.480 e. The molecule has 1 aliphatic heterocycles. The summed E-state index contributed by atoms with van der Waals surface area (Å²) in [5, 5.41) is 9.11. The van der Waals surface area contributed by atoms with Crippen LogP contribution in [0.4, 0.5) is 17.6 Å². The van der Waals surface area contributed by atoms with Gasteiger partial charge in [-0.05, 0) is 42.4 Å². The Hall–Kier alpha value is -1.79. The van der Waals surface area contributed by atoms with E-state index in [1.165, 1.54) is 11.8 Å². The van der Waals surface area contributed by atoms with Crippen LogP contribution < -0.4 is 0 Å². The van der Waals surface area contributed by atoms with Crippen LogP contribution in [0.3, 0.4) is 0 Å². The van der Waals surface area contributed by atoms with Gasteiger partial charge >= 0.3 is 12.1 Å². The molecule has 0 bridgehead atoms. The predicted octanol–water partition coefficient (Wildman–Crippen LogP) is 3.84. The van der Waals surface area contributed by atoms with E-state index in [1.54, 1.807) is 6.92 Å². The molecule has 3 nitrogen and oxygen atoms in total. The number of aliphatic carboxylic acids is 1. The molecule has 3 atom stereocenters. The summed E-state index contributed by atoms with van der Waals surface area (Å²) < 4.78 is 56.8. The van der Waals surface area contributed by atoms with Gasteiger partial charge in [-0.15, -0.1) is 0 Å². The Morgan fingerprint density at radius 2 is 2.08 bits per heavy atom. The molecule has 0 aromatic rings. The molecule has 3 rings (SSSR count). The average molecular weight is 345 g/mol. The molecule has 7 heteroatoms. The highest BCUT2D eigenvalue weighted by atomic mass is 19.4. The summed E-state index contributed by atoms with van der Waals surface area (Å²) in [4.78, 5) is 12.4. The van der Waals surface area contributed by atoms with E-state index in [9.17, 15) is 18.0 Å². The Kier molecular flexibility index (Phi) is 3.62. The number of carbonyl (C=O) groups is 1. The quantitative estimate of drug-likeness (QED) is 0.622. The first-order chi connectivity index (χ1) is 11.0. The molecule has 1 N–H and O–H groups in total. The molecular formula is C17H19F4NO2. The van der Waals surface area contributed by atoms with E-state index in [4.69, 9.17) is 5.11 Å². The van der Waals surface area contributed by atoms with Gasteiger partial charge in [-0.2, -0.15) is 13.2 Å². The minimum atomic E-state index is -4.57. The van der Waals surface area contributed by atoms with Gasteiger partial charge < -0.3 is 10.0 Å². The lowest BCUT2D eigenvalue weighted by molar-refractivity contribution is -0.138. The van der Waals surface area contributed by atoms with Gasteiger partial charge in [-0.3, -0.25) is 4.79 Å². The van der Waals surface area contributed by atoms with E-state index < -0.39 is 41.8 Å². The van der Waals surface area contributed by atoms with Crippen molar-refractivity contribution in [1.82, 2.24) is 4.90 Å². The number of fused-ring (bicyclic) bond motifs is 2. The number of rotatable bonds is 4. The zero-order valence-corrected chi connectivity index (χ0v) is 13.5. The molecule has 1 unspecified atom stereocenters. The molecule has 0 amide bonds. The Bertz CT molecular complexity index is 691. The Morgan fingerprint density at radius 1 is 1.46 bits per heavy atom. The van der Waals surface area contributed by atoms with Crippen LogP contribution in [0.1, 0.15) is 26.7 Å². The second-order valence-electron chi connectivity index (χ2n) is 6.78. The highest BCUT2D eigenvalue weighted by Crippen LogP contribution is 2.68. The smallest absolute Gasteiger partial charge is 0.416 e. The van der Waals surface area contributed by atoms with Crippen molar-refractivity contribution < 1.29 is 27.5 Å². The van der Waals surface area contributed by atoms with Crippen LogP contribution in [0.2, 0.25) is 0 Å². The predicted molar refractivity (Wildman–Crippen MR) is 79.9 cm³/mol. The first-order valence-electron chi connectivity index (χ1n) is 7.89. The van der Waals surface area contributed by atoms with E-state index in [2.05, 4.69) is 6.58 Å². The third kappa shape index (κ3) is 2.20. The molecule has 1 saturated carbocycles. The molecule has 1 heterocycles. The number of hydrogen-bond donors (Lipinski definition) is 1. The van der Waals surface area contributed by atoms with Crippen LogP contribution >= 0.6 is 0 Å². The minimum Gasteiger partial charge on any atom is -0.480 e. The first-order valence-corrected chi connectivity index (χ1v) is 7.89. The van der Waals surface area contributed by atoms with Crippen LogP contribution in [0, 0.1) is 11.8 Å². The van der Waals surface area contributed by atoms with Crippen LogP contribution in [0.25, 0.3) is 0 Å². The van der Waals surface area contributed by atoms with Gasteiger partial charge in [-0.1, -0.05) is 13.5 Å². The molecule has 0 aromatic heterocycles. The maximum atomic E-state index is 15.7. The molecule has 132 valence electrons. The molecular weight excluding hydrogens is 326 g/mol. The van der Waals surface area contributed by atoms with Crippen LogP contribution in [0.5, 0.6) is 0 Å². The fraction of sp³-hybridized carbons (Fsp3) is 0.588. The van der Waals surface area contributed by atoms with Gasteiger partial charge in [-0.25, -0.2) is 4.39 Å². The maximum Gasteiger partial charge on any atom is 0.416 e. The van der Waals surface area contributed by atoms with E-state index in [1.807, 2.05) is 0 Å². The SMILES string of the molecule is C=C(C)C1(F)C2=C(C(C(F)(F)F)=C(CC)CN2CC(=O)O)[C@H]2C[C@H]21. The molecule has 24 heavy (non-hydrogen) atoms. The highest BCUT2D eigenvalue weighted by Gasteiger charge is 2.68. The van der Waals surface area contributed by atoms with Crippen molar-refractivity contribution in [3.63, 3.8) is 0 Å². The van der Waals surface area contributed by atoms with Gasteiger partial charge in [0.05, 0.1) is 11.3 Å². The molecule has 0 spiro atoms. The van der Waals surface area contributed by atoms with Gasteiger partial charge in [0.2, 0.25) is 0 Å². The summed E-state index contributed by atoms with van der Waals surface area (Å²) in [6.07, 6.45) is -4.08. The summed E-state index contributed by atoms with van der Waals surface area (Å²) in [7, 11) is 0. The first kappa shape index (κ1) is 17.0. The Labute approximate surface area is 137 Å². The van der Waals surface area contributed by atoms with Gasteiger partial charge in [0.1, 0.15) is 6.54 Å². The number of alkyl halides is 4. The zero-order valence-electron chi connectivity index (χ0n) is 13.5. The number of hydrogen-bond acceptors (Lipinski definition) is 2. The second kappa shape index (κ2) is 5.10. The number of carboxylic acids is 1. The van der Waals surface area contributed by atoms with E-state index in [0.717, 1.165) is 0 Å². The van der Waals surface area contributed by atoms with Crippen molar-refractivity contribution >= 4 is 5.97 Å². The molecule has 1 fully saturated rings. The third-order valence-electron chi connectivity index (χ3n) is 5.25. The molecule has 0 radical (unpaired) electrons. The van der Waals surface area contributed by atoms with Gasteiger partial charge in [0.15, 0.2) is 5.67 Å². The summed E-state index contributed by atoms with van der Waals surface area (Å²) >= 11 is 0. The lowest BCUT2D eigenvalue weighted by Crippen LogP contribution is -2.44. The topological polar surface area (TPSA) is 40.5 Å². The highest BCUT2D eigenvalue weighted by molar-refractivity contribution is 5.71. The van der Waals surface area contributed by atoms with Gasteiger partial charge in [0, 0.05) is 12.5 Å². The summed E-state index contributed by atoms with van der Waals surface area (Å²) in [5.41, 5.74) is -2.72. The van der Waals surface area contributed by atoms with E-state index in [0.29, 0.717) is 6.42 Å². The standard InChI is InChI=1S/C17H19F4NO2/c1-4-9-6-22(7-12(23)24)15-13(14(9)17(19,20)21)10-5-11(10)16(15,18)8(2)3/h10-11H,2,4-7H2,1,3H3,(H,23,24)/t10-,11+,16?/m0/s1. The number of halogens is 4. The molecule has 3 aliphatic rings. The fourth-order valence-electron chi connectivity index (χ4n) is 4.24. The Morgan fingerprint density at radius 3 is 2.54 bits per heavy atom. The van der Waals surface area contributed by atoms with Crippen LogP contribution in [-0.2, 0) is 4.79 Å². The minimum absolute atomic E-state index is 0.0395. The van der Waals surface area contributed by atoms with Crippen molar-refractivity contribution in [3.05, 3.63) is 34.6 Å². The lowest BCUT2D eigenvalue weighted by atomic mass is 9.84. The van der Waals surface area contributed by atoms with Gasteiger partial charge in [0.25, 0.3) is 0 Å². The van der Waals surface area contributed by atoms with Crippen molar-refractivity contribution in [2.45, 2.75) is 38.5 Å². The summed E-state index contributed by atoms with van der Waals surface area (Å²) in [6.45, 7) is 5.96. The molecule has 0 saturated heterocycles. The molecule has 2 aliphatic carbocycles.